The molecule has 0 aromatic carbocycles. The van der Waals surface area contributed by atoms with Gasteiger partial charge in [-0.3, -0.25) is 0 Å². The maximum atomic E-state index is 5.25. The van der Waals surface area contributed by atoms with Crippen molar-refractivity contribution >= 4 is 5.82 Å². The Hall–Kier alpha value is -1.25. The van der Waals surface area contributed by atoms with E-state index < -0.39 is 0 Å². The molecule has 0 bridgehead atoms. The SMILES string of the molecule is COc1cccnc1NCC(C)(C)C(C)C. The first-order chi connectivity index (χ1) is 7.47. The Kier molecular flexibility index (Phi) is 4.16. The molecule has 1 rings (SSSR count). The summed E-state index contributed by atoms with van der Waals surface area (Å²) in [7, 11) is 1.66. The van der Waals surface area contributed by atoms with E-state index in [1.165, 1.54) is 0 Å². The van der Waals surface area contributed by atoms with Crippen LogP contribution >= 0.6 is 0 Å². The lowest BCUT2D eigenvalue weighted by molar-refractivity contribution is 0.269. The fraction of sp³-hybridized carbons (Fsp3) is 0.615. The van der Waals surface area contributed by atoms with Crippen molar-refractivity contribution in [2.75, 3.05) is 19.0 Å². The molecule has 0 aliphatic carbocycles. The summed E-state index contributed by atoms with van der Waals surface area (Å²) in [4.78, 5) is 4.28. The number of hydrogen-bond acceptors (Lipinski definition) is 3. The third kappa shape index (κ3) is 3.12. The summed E-state index contributed by atoms with van der Waals surface area (Å²) in [6.45, 7) is 9.85. The van der Waals surface area contributed by atoms with Gasteiger partial charge >= 0.3 is 0 Å². The summed E-state index contributed by atoms with van der Waals surface area (Å²) in [5.41, 5.74) is 0.239. The first kappa shape index (κ1) is 12.8. The van der Waals surface area contributed by atoms with Crippen LogP contribution in [0.3, 0.4) is 0 Å². The van der Waals surface area contributed by atoms with E-state index in [9.17, 15) is 0 Å². The zero-order valence-electron chi connectivity index (χ0n) is 10.9. The Balaban J connectivity index is 2.67. The van der Waals surface area contributed by atoms with Crippen LogP contribution < -0.4 is 10.1 Å². The fourth-order valence-electron chi connectivity index (χ4n) is 1.20. The summed E-state index contributed by atoms with van der Waals surface area (Å²) < 4.78 is 5.25. The van der Waals surface area contributed by atoms with E-state index in [0.29, 0.717) is 5.92 Å². The van der Waals surface area contributed by atoms with E-state index in [2.05, 4.69) is 38.0 Å². The van der Waals surface area contributed by atoms with Crippen LogP contribution in [0.15, 0.2) is 18.3 Å². The number of pyridine rings is 1. The zero-order chi connectivity index (χ0) is 12.2. The van der Waals surface area contributed by atoms with Crippen molar-refractivity contribution < 1.29 is 4.74 Å². The highest BCUT2D eigenvalue weighted by molar-refractivity contribution is 5.49. The number of nitrogens with one attached hydrogen (secondary N) is 1. The van der Waals surface area contributed by atoms with Crippen LogP contribution in [-0.4, -0.2) is 18.6 Å². The van der Waals surface area contributed by atoms with Crippen LogP contribution in [0.5, 0.6) is 5.75 Å². The molecule has 0 spiro atoms. The number of hydrogen-bond donors (Lipinski definition) is 1. The van der Waals surface area contributed by atoms with Crippen molar-refractivity contribution in [3.05, 3.63) is 18.3 Å². The van der Waals surface area contributed by atoms with Crippen molar-refractivity contribution in [3.63, 3.8) is 0 Å². The maximum absolute atomic E-state index is 5.25. The van der Waals surface area contributed by atoms with Crippen LogP contribution in [0, 0.1) is 11.3 Å². The largest absolute Gasteiger partial charge is 0.493 e. The van der Waals surface area contributed by atoms with Gasteiger partial charge < -0.3 is 10.1 Å². The van der Waals surface area contributed by atoms with Gasteiger partial charge in [-0.05, 0) is 23.5 Å². The first-order valence-corrected chi connectivity index (χ1v) is 5.70. The Labute approximate surface area is 98.2 Å². The summed E-state index contributed by atoms with van der Waals surface area (Å²) in [5, 5.41) is 3.35. The lowest BCUT2D eigenvalue weighted by atomic mass is 9.81. The van der Waals surface area contributed by atoms with Gasteiger partial charge in [0.25, 0.3) is 0 Å². The van der Waals surface area contributed by atoms with E-state index in [4.69, 9.17) is 4.74 Å². The van der Waals surface area contributed by atoms with Gasteiger partial charge in [0.05, 0.1) is 7.11 Å². The van der Waals surface area contributed by atoms with Gasteiger partial charge in [-0.25, -0.2) is 4.98 Å². The smallest absolute Gasteiger partial charge is 0.168 e. The van der Waals surface area contributed by atoms with Crippen molar-refractivity contribution in [2.24, 2.45) is 11.3 Å². The van der Waals surface area contributed by atoms with Crippen LogP contribution in [0.1, 0.15) is 27.7 Å². The van der Waals surface area contributed by atoms with E-state index in [1.54, 1.807) is 13.3 Å². The molecular weight excluding hydrogens is 200 g/mol. The highest BCUT2D eigenvalue weighted by Gasteiger charge is 2.22. The predicted octanol–water partition coefficient (Wildman–Crippen LogP) is 3.18. The molecule has 90 valence electrons. The minimum Gasteiger partial charge on any atom is -0.493 e. The van der Waals surface area contributed by atoms with E-state index >= 15 is 0 Å². The van der Waals surface area contributed by atoms with Gasteiger partial charge in [-0.15, -0.1) is 0 Å². The second-order valence-electron chi connectivity index (χ2n) is 5.05. The molecule has 0 radical (unpaired) electrons. The molecule has 0 saturated heterocycles. The van der Waals surface area contributed by atoms with Crippen LogP contribution in [0.4, 0.5) is 5.82 Å². The number of methoxy groups -OCH3 is 1. The minimum absolute atomic E-state index is 0.239. The highest BCUT2D eigenvalue weighted by atomic mass is 16.5. The quantitative estimate of drug-likeness (QED) is 0.830. The van der Waals surface area contributed by atoms with E-state index in [1.807, 2.05) is 12.1 Å². The van der Waals surface area contributed by atoms with Crippen LogP contribution in [0.2, 0.25) is 0 Å². The second-order valence-corrected chi connectivity index (χ2v) is 5.05. The molecule has 1 aromatic rings. The Bertz CT molecular complexity index is 334. The molecule has 16 heavy (non-hydrogen) atoms. The lowest BCUT2D eigenvalue weighted by Gasteiger charge is -2.29. The topological polar surface area (TPSA) is 34.1 Å². The molecule has 0 unspecified atom stereocenters. The standard InChI is InChI=1S/C13H22N2O/c1-10(2)13(3,4)9-15-12-11(16-5)7-6-8-14-12/h6-8,10H,9H2,1-5H3,(H,14,15). The van der Waals surface area contributed by atoms with E-state index in [-0.39, 0.29) is 5.41 Å². The number of rotatable bonds is 5. The van der Waals surface area contributed by atoms with Crippen molar-refractivity contribution in [1.82, 2.24) is 4.98 Å². The van der Waals surface area contributed by atoms with Gasteiger partial charge in [0, 0.05) is 12.7 Å². The van der Waals surface area contributed by atoms with Crippen LogP contribution in [0.25, 0.3) is 0 Å². The lowest BCUT2D eigenvalue weighted by Crippen LogP contribution is -2.28. The molecule has 0 fully saturated rings. The number of ether oxygens (including phenoxy) is 1. The molecule has 0 aliphatic heterocycles. The fourth-order valence-corrected chi connectivity index (χ4v) is 1.20. The minimum atomic E-state index is 0.239. The first-order valence-electron chi connectivity index (χ1n) is 5.70. The average Bonchev–Trinajstić information content (AvgIpc) is 2.26. The van der Waals surface area contributed by atoms with Crippen molar-refractivity contribution in [3.8, 4) is 5.75 Å². The second kappa shape index (κ2) is 5.19. The number of anilines is 1. The Morgan fingerprint density at radius 2 is 2.12 bits per heavy atom. The third-order valence-corrected chi connectivity index (χ3v) is 3.27. The van der Waals surface area contributed by atoms with Crippen molar-refractivity contribution in [1.29, 1.82) is 0 Å². The van der Waals surface area contributed by atoms with Crippen molar-refractivity contribution in [2.45, 2.75) is 27.7 Å². The molecule has 0 saturated carbocycles. The molecule has 3 heteroatoms. The van der Waals surface area contributed by atoms with E-state index in [0.717, 1.165) is 18.1 Å². The summed E-state index contributed by atoms with van der Waals surface area (Å²) in [6, 6.07) is 3.79. The number of aromatic nitrogens is 1. The molecule has 1 N–H and O–H groups in total. The summed E-state index contributed by atoms with van der Waals surface area (Å²) in [6.07, 6.45) is 1.77. The van der Waals surface area contributed by atoms with Crippen LogP contribution in [-0.2, 0) is 0 Å². The molecular formula is C13H22N2O. The monoisotopic (exact) mass is 222 g/mol. The highest BCUT2D eigenvalue weighted by Crippen LogP contribution is 2.28. The van der Waals surface area contributed by atoms with Gasteiger partial charge in [-0.2, -0.15) is 0 Å². The molecule has 0 aliphatic rings. The zero-order valence-corrected chi connectivity index (χ0v) is 10.9. The van der Waals surface area contributed by atoms with Gasteiger partial charge in [-0.1, -0.05) is 27.7 Å². The maximum Gasteiger partial charge on any atom is 0.168 e. The molecule has 1 aromatic heterocycles. The normalized spacial score (nSPS) is 11.6. The molecule has 0 atom stereocenters. The summed E-state index contributed by atoms with van der Waals surface area (Å²) in [5.74, 6) is 2.23. The Morgan fingerprint density at radius 3 is 2.69 bits per heavy atom. The molecule has 1 heterocycles. The Morgan fingerprint density at radius 1 is 1.44 bits per heavy atom. The van der Waals surface area contributed by atoms with Gasteiger partial charge in [0.2, 0.25) is 0 Å². The molecule has 3 nitrogen and oxygen atoms in total. The van der Waals surface area contributed by atoms with Gasteiger partial charge in [0.15, 0.2) is 11.6 Å². The average molecular weight is 222 g/mol. The molecule has 0 amide bonds. The van der Waals surface area contributed by atoms with Gasteiger partial charge in [0.1, 0.15) is 0 Å². The summed E-state index contributed by atoms with van der Waals surface area (Å²) >= 11 is 0. The third-order valence-electron chi connectivity index (χ3n) is 3.27. The predicted molar refractivity (Wildman–Crippen MR) is 67.9 cm³/mol. The number of nitrogens with zero attached hydrogens (tertiary/aromatic N) is 1.